The minimum Gasteiger partial charge on any atom is -0.497 e. The third kappa shape index (κ3) is 5.97. The van der Waals surface area contributed by atoms with E-state index in [4.69, 9.17) is 4.74 Å². The number of carbonyl (C=O) groups is 2. The third-order valence-electron chi connectivity index (χ3n) is 4.27. The molecule has 144 valence electrons. The molecule has 1 aliphatic rings. The van der Waals surface area contributed by atoms with E-state index in [0.717, 1.165) is 47.4 Å². The minimum atomic E-state index is -0.0914. The number of benzene rings is 1. The summed E-state index contributed by atoms with van der Waals surface area (Å²) in [6, 6.07) is 7.20. The Labute approximate surface area is 167 Å². The lowest BCUT2D eigenvalue weighted by molar-refractivity contribution is -0.131. The molecule has 0 unspecified atom stereocenters. The van der Waals surface area contributed by atoms with Gasteiger partial charge in [-0.2, -0.15) is 0 Å². The molecule has 2 aromatic rings. The van der Waals surface area contributed by atoms with Crippen LogP contribution in [0.5, 0.6) is 5.75 Å². The van der Waals surface area contributed by atoms with Crippen LogP contribution in [-0.4, -0.2) is 47.7 Å². The lowest BCUT2D eigenvalue weighted by Gasteiger charge is -2.26. The van der Waals surface area contributed by atoms with E-state index >= 15 is 0 Å². The number of aromatic nitrogens is 1. The van der Waals surface area contributed by atoms with Crippen LogP contribution < -0.4 is 10.1 Å². The number of hydrogen-bond donors (Lipinski definition) is 1. The second kappa shape index (κ2) is 9.75. The maximum Gasteiger partial charge on any atom is 0.234 e. The molecule has 1 saturated heterocycles. The number of thioether (sulfide) groups is 1. The summed E-state index contributed by atoms with van der Waals surface area (Å²) in [6.07, 6.45) is 3.73. The van der Waals surface area contributed by atoms with E-state index in [1.165, 1.54) is 29.5 Å². The van der Waals surface area contributed by atoms with Gasteiger partial charge in [-0.05, 0) is 43.5 Å². The Morgan fingerprint density at radius 1 is 1.22 bits per heavy atom. The normalized spacial score (nSPS) is 14.0. The quantitative estimate of drug-likeness (QED) is 0.715. The zero-order valence-corrected chi connectivity index (χ0v) is 16.9. The van der Waals surface area contributed by atoms with Gasteiger partial charge in [-0.25, -0.2) is 4.98 Å². The van der Waals surface area contributed by atoms with Gasteiger partial charge in [0.1, 0.15) is 5.75 Å². The van der Waals surface area contributed by atoms with Gasteiger partial charge in [-0.3, -0.25) is 9.59 Å². The highest BCUT2D eigenvalue weighted by Crippen LogP contribution is 2.24. The predicted molar refractivity (Wildman–Crippen MR) is 109 cm³/mol. The van der Waals surface area contributed by atoms with Crippen molar-refractivity contribution in [2.45, 2.75) is 30.0 Å². The Morgan fingerprint density at radius 3 is 2.67 bits per heavy atom. The molecule has 3 rings (SSSR count). The van der Waals surface area contributed by atoms with Crippen molar-refractivity contribution in [3.63, 3.8) is 0 Å². The fourth-order valence-corrected chi connectivity index (χ4v) is 4.49. The van der Waals surface area contributed by atoms with Crippen LogP contribution in [-0.2, 0) is 16.0 Å². The van der Waals surface area contributed by atoms with Crippen molar-refractivity contribution < 1.29 is 14.3 Å². The highest BCUT2D eigenvalue weighted by molar-refractivity contribution is 8.01. The molecule has 2 heterocycles. The Kier molecular flexibility index (Phi) is 7.11. The number of amides is 2. The van der Waals surface area contributed by atoms with Crippen molar-refractivity contribution >= 4 is 40.6 Å². The van der Waals surface area contributed by atoms with Crippen LogP contribution >= 0.6 is 23.1 Å². The second-order valence-corrected chi connectivity index (χ2v) is 8.37. The first-order chi connectivity index (χ1) is 13.1. The van der Waals surface area contributed by atoms with Crippen molar-refractivity contribution in [1.29, 1.82) is 0 Å². The highest BCUT2D eigenvalue weighted by atomic mass is 32.2. The predicted octanol–water partition coefficient (Wildman–Crippen LogP) is 3.44. The Balaban J connectivity index is 1.44. The molecule has 1 aliphatic heterocycles. The van der Waals surface area contributed by atoms with Gasteiger partial charge in [0.05, 0.1) is 25.0 Å². The molecule has 1 fully saturated rings. The van der Waals surface area contributed by atoms with Crippen LogP contribution in [0.1, 0.15) is 25.0 Å². The average molecular weight is 406 g/mol. The van der Waals surface area contributed by atoms with Crippen molar-refractivity contribution in [1.82, 2.24) is 9.88 Å². The summed E-state index contributed by atoms with van der Waals surface area (Å²) in [6.45, 7) is 1.71. The molecule has 0 radical (unpaired) electrons. The van der Waals surface area contributed by atoms with Crippen LogP contribution in [0.2, 0.25) is 0 Å². The average Bonchev–Trinajstić information content (AvgIpc) is 3.15. The maximum absolute atomic E-state index is 12.3. The van der Waals surface area contributed by atoms with E-state index in [0.29, 0.717) is 6.42 Å². The number of piperidine rings is 1. The molecule has 0 aliphatic carbocycles. The molecule has 1 aromatic heterocycles. The molecule has 0 spiro atoms. The Hall–Kier alpha value is -2.06. The monoisotopic (exact) mass is 405 g/mol. The number of methoxy groups -OCH3 is 1. The van der Waals surface area contributed by atoms with E-state index < -0.39 is 0 Å². The molecule has 27 heavy (non-hydrogen) atoms. The topological polar surface area (TPSA) is 71.5 Å². The van der Waals surface area contributed by atoms with Crippen LogP contribution in [0.15, 0.2) is 34.0 Å². The van der Waals surface area contributed by atoms with Gasteiger partial charge < -0.3 is 15.0 Å². The maximum atomic E-state index is 12.3. The molecule has 2 amide bonds. The molecule has 6 nitrogen and oxygen atoms in total. The number of thiazole rings is 1. The molecule has 1 aromatic carbocycles. The van der Waals surface area contributed by atoms with Crippen molar-refractivity contribution in [2.75, 3.05) is 31.3 Å². The van der Waals surface area contributed by atoms with Gasteiger partial charge in [0, 0.05) is 24.2 Å². The highest BCUT2D eigenvalue weighted by Gasteiger charge is 2.18. The number of ether oxygens (including phenoxy) is 1. The summed E-state index contributed by atoms with van der Waals surface area (Å²) >= 11 is 2.86. The van der Waals surface area contributed by atoms with Gasteiger partial charge in [0.2, 0.25) is 11.8 Å². The minimum absolute atomic E-state index is 0.0914. The van der Waals surface area contributed by atoms with Gasteiger partial charge in [-0.15, -0.1) is 11.3 Å². The first kappa shape index (κ1) is 19.7. The summed E-state index contributed by atoms with van der Waals surface area (Å²) in [5.74, 6) is 1.08. The SMILES string of the molecule is COc1ccc(NC(=O)CSc2nc(CC(=O)N3CCCCC3)cs2)cc1. The summed E-state index contributed by atoms with van der Waals surface area (Å²) in [7, 11) is 1.60. The molecular weight excluding hydrogens is 382 g/mol. The van der Waals surface area contributed by atoms with Gasteiger partial charge in [0.15, 0.2) is 4.34 Å². The molecule has 8 heteroatoms. The lowest BCUT2D eigenvalue weighted by atomic mass is 10.1. The fraction of sp³-hybridized carbons (Fsp3) is 0.421. The number of carbonyl (C=O) groups excluding carboxylic acids is 2. The molecule has 0 atom stereocenters. The van der Waals surface area contributed by atoms with Crippen LogP contribution in [0.4, 0.5) is 5.69 Å². The summed E-state index contributed by atoms with van der Waals surface area (Å²) in [4.78, 5) is 30.8. The van der Waals surface area contributed by atoms with Gasteiger partial charge in [-0.1, -0.05) is 11.8 Å². The zero-order valence-electron chi connectivity index (χ0n) is 15.3. The van der Waals surface area contributed by atoms with Crippen LogP contribution in [0.25, 0.3) is 0 Å². The fourth-order valence-electron chi connectivity index (χ4n) is 2.84. The van der Waals surface area contributed by atoms with Crippen LogP contribution in [0.3, 0.4) is 0 Å². The molecular formula is C19H23N3O3S2. The second-order valence-electron chi connectivity index (χ2n) is 6.29. The largest absolute Gasteiger partial charge is 0.497 e. The first-order valence-corrected chi connectivity index (χ1v) is 10.8. The Bertz CT molecular complexity index is 771. The molecule has 0 saturated carbocycles. The summed E-state index contributed by atoms with van der Waals surface area (Å²) in [5.41, 5.74) is 1.52. The van der Waals surface area contributed by atoms with Crippen LogP contribution in [0, 0.1) is 0 Å². The lowest BCUT2D eigenvalue weighted by Crippen LogP contribution is -2.36. The van der Waals surface area contributed by atoms with Crippen molar-refractivity contribution in [3.05, 3.63) is 35.3 Å². The number of anilines is 1. The van der Waals surface area contributed by atoms with Gasteiger partial charge in [0.25, 0.3) is 0 Å². The summed E-state index contributed by atoms with van der Waals surface area (Å²) < 4.78 is 5.90. The van der Waals surface area contributed by atoms with E-state index in [2.05, 4.69) is 10.3 Å². The first-order valence-electron chi connectivity index (χ1n) is 8.93. The van der Waals surface area contributed by atoms with Crippen molar-refractivity contribution in [3.8, 4) is 5.75 Å². The zero-order chi connectivity index (χ0) is 19.1. The number of hydrogen-bond acceptors (Lipinski definition) is 6. The number of nitrogens with one attached hydrogen (secondary N) is 1. The van der Waals surface area contributed by atoms with E-state index in [-0.39, 0.29) is 17.6 Å². The number of likely N-dealkylation sites (tertiary alicyclic amines) is 1. The number of nitrogens with zero attached hydrogens (tertiary/aromatic N) is 2. The summed E-state index contributed by atoms with van der Waals surface area (Å²) in [5, 5.41) is 4.75. The molecule has 1 N–H and O–H groups in total. The van der Waals surface area contributed by atoms with Crippen molar-refractivity contribution in [2.24, 2.45) is 0 Å². The van der Waals surface area contributed by atoms with E-state index in [1.54, 1.807) is 31.4 Å². The molecule has 0 bridgehead atoms. The smallest absolute Gasteiger partial charge is 0.234 e. The van der Waals surface area contributed by atoms with Gasteiger partial charge >= 0.3 is 0 Å². The van der Waals surface area contributed by atoms with E-state index in [1.807, 2.05) is 10.3 Å². The standard InChI is InChI=1S/C19H23N3O3S2/c1-25-16-7-5-14(6-8-16)20-17(23)13-27-19-21-15(12-26-19)11-18(24)22-9-3-2-4-10-22/h5-8,12H,2-4,9-11,13H2,1H3,(H,20,23). The Morgan fingerprint density at radius 2 is 1.96 bits per heavy atom. The third-order valence-corrected chi connectivity index (χ3v) is 6.34. The van der Waals surface area contributed by atoms with E-state index in [9.17, 15) is 9.59 Å². The number of rotatable bonds is 7.